The topological polar surface area (TPSA) is 42.7 Å². The first-order valence-electron chi connectivity index (χ1n) is 5.21. The monoisotopic (exact) mass is 228 g/mol. The summed E-state index contributed by atoms with van der Waals surface area (Å²) >= 11 is 1.75. The molecule has 5 heteroatoms. The van der Waals surface area contributed by atoms with Crippen molar-refractivity contribution in [1.29, 1.82) is 0 Å². The van der Waals surface area contributed by atoms with Gasteiger partial charge in [-0.2, -0.15) is 0 Å². The Balaban J connectivity index is 2.10. The molecule has 0 aliphatic heterocycles. The Bertz CT molecular complexity index is 290. The zero-order chi connectivity index (χ0) is 11.3. The zero-order valence-electron chi connectivity index (χ0n) is 9.95. The van der Waals surface area contributed by atoms with E-state index in [1.54, 1.807) is 18.1 Å². The van der Waals surface area contributed by atoms with Crippen molar-refractivity contribution >= 4 is 11.8 Å². The Labute approximate surface area is 95.9 Å². The molecule has 0 spiro atoms. The highest BCUT2D eigenvalue weighted by molar-refractivity contribution is 7.99. The number of hydrogen-bond acceptors (Lipinski definition) is 4. The Kier molecular flexibility index (Phi) is 4.60. The minimum atomic E-state index is 0.218. The van der Waals surface area contributed by atoms with Crippen LogP contribution in [0.4, 0.5) is 0 Å². The van der Waals surface area contributed by atoms with E-state index in [0.717, 1.165) is 23.9 Å². The molecule has 4 nitrogen and oxygen atoms in total. The SMILES string of the molecule is Cn1cnnc1SCCCNC(C)(C)C. The van der Waals surface area contributed by atoms with E-state index in [1.165, 1.54) is 0 Å². The Hall–Kier alpha value is -0.550. The van der Waals surface area contributed by atoms with Gasteiger partial charge in [-0.05, 0) is 33.7 Å². The number of thioether (sulfide) groups is 1. The lowest BCUT2D eigenvalue weighted by molar-refractivity contribution is 0.427. The van der Waals surface area contributed by atoms with Crippen molar-refractivity contribution in [2.24, 2.45) is 7.05 Å². The summed E-state index contributed by atoms with van der Waals surface area (Å²) in [5, 5.41) is 12.3. The summed E-state index contributed by atoms with van der Waals surface area (Å²) in [4.78, 5) is 0. The maximum absolute atomic E-state index is 4.02. The van der Waals surface area contributed by atoms with Gasteiger partial charge in [0.25, 0.3) is 0 Å². The predicted octanol–water partition coefficient (Wildman–Crippen LogP) is 1.69. The molecule has 0 fully saturated rings. The lowest BCUT2D eigenvalue weighted by Crippen LogP contribution is -2.36. The molecule has 0 unspecified atom stereocenters. The average Bonchev–Trinajstić information content (AvgIpc) is 2.49. The zero-order valence-corrected chi connectivity index (χ0v) is 10.8. The Morgan fingerprint density at radius 1 is 1.47 bits per heavy atom. The molecular weight excluding hydrogens is 208 g/mol. The summed E-state index contributed by atoms with van der Waals surface area (Å²) < 4.78 is 1.95. The fourth-order valence-corrected chi connectivity index (χ4v) is 1.93. The molecule has 1 aromatic heterocycles. The van der Waals surface area contributed by atoms with Crippen LogP contribution in [0.25, 0.3) is 0 Å². The van der Waals surface area contributed by atoms with Gasteiger partial charge in [0.15, 0.2) is 5.16 Å². The summed E-state index contributed by atoms with van der Waals surface area (Å²) in [5.41, 5.74) is 0.218. The first-order valence-corrected chi connectivity index (χ1v) is 6.19. The summed E-state index contributed by atoms with van der Waals surface area (Å²) in [6.45, 7) is 7.60. The van der Waals surface area contributed by atoms with E-state index in [0.29, 0.717) is 0 Å². The standard InChI is InChI=1S/C10H20N4S/c1-10(2,3)11-6-5-7-15-9-13-12-8-14(9)4/h8,11H,5-7H2,1-4H3. The second kappa shape index (κ2) is 5.51. The first-order chi connectivity index (χ1) is 6.99. The van der Waals surface area contributed by atoms with E-state index in [9.17, 15) is 0 Å². The van der Waals surface area contributed by atoms with E-state index >= 15 is 0 Å². The van der Waals surface area contributed by atoms with Crippen LogP contribution in [0.15, 0.2) is 11.5 Å². The van der Waals surface area contributed by atoms with E-state index in [2.05, 4.69) is 36.3 Å². The molecule has 1 N–H and O–H groups in total. The van der Waals surface area contributed by atoms with E-state index in [-0.39, 0.29) is 5.54 Å². The molecule has 0 aliphatic carbocycles. The fraction of sp³-hybridized carbons (Fsp3) is 0.800. The molecule has 0 saturated carbocycles. The van der Waals surface area contributed by atoms with Crippen LogP contribution in [-0.2, 0) is 7.05 Å². The molecule has 0 radical (unpaired) electrons. The van der Waals surface area contributed by atoms with Gasteiger partial charge >= 0.3 is 0 Å². The van der Waals surface area contributed by atoms with E-state index < -0.39 is 0 Å². The molecule has 0 aromatic carbocycles. The van der Waals surface area contributed by atoms with Crippen LogP contribution < -0.4 is 5.32 Å². The van der Waals surface area contributed by atoms with Crippen LogP contribution in [0.3, 0.4) is 0 Å². The second-order valence-corrected chi connectivity index (χ2v) is 5.67. The fourth-order valence-electron chi connectivity index (χ4n) is 1.10. The highest BCUT2D eigenvalue weighted by Crippen LogP contribution is 2.13. The number of aromatic nitrogens is 3. The summed E-state index contributed by atoms with van der Waals surface area (Å²) in [6.07, 6.45) is 2.88. The van der Waals surface area contributed by atoms with Gasteiger partial charge < -0.3 is 9.88 Å². The predicted molar refractivity (Wildman–Crippen MR) is 64.1 cm³/mol. The van der Waals surface area contributed by atoms with Gasteiger partial charge in [0.2, 0.25) is 0 Å². The van der Waals surface area contributed by atoms with Crippen molar-refractivity contribution in [3.05, 3.63) is 6.33 Å². The lowest BCUT2D eigenvalue weighted by Gasteiger charge is -2.20. The van der Waals surface area contributed by atoms with Crippen molar-refractivity contribution in [3.8, 4) is 0 Å². The molecule has 86 valence electrons. The van der Waals surface area contributed by atoms with Gasteiger partial charge in [0.1, 0.15) is 6.33 Å². The maximum atomic E-state index is 4.02. The van der Waals surface area contributed by atoms with E-state index in [1.807, 2.05) is 11.6 Å². The lowest BCUT2D eigenvalue weighted by atomic mass is 10.1. The van der Waals surface area contributed by atoms with Crippen molar-refractivity contribution in [2.75, 3.05) is 12.3 Å². The maximum Gasteiger partial charge on any atom is 0.190 e. The number of hydrogen-bond donors (Lipinski definition) is 1. The number of nitrogens with one attached hydrogen (secondary N) is 1. The summed E-state index contributed by atoms with van der Waals surface area (Å²) in [7, 11) is 1.97. The molecule has 15 heavy (non-hydrogen) atoms. The average molecular weight is 228 g/mol. The van der Waals surface area contributed by atoms with Crippen molar-refractivity contribution in [1.82, 2.24) is 20.1 Å². The molecular formula is C10H20N4S. The minimum Gasteiger partial charge on any atom is -0.312 e. The minimum absolute atomic E-state index is 0.218. The van der Waals surface area contributed by atoms with Crippen LogP contribution in [-0.4, -0.2) is 32.6 Å². The van der Waals surface area contributed by atoms with Gasteiger partial charge in [0, 0.05) is 18.3 Å². The quantitative estimate of drug-likeness (QED) is 0.615. The molecule has 0 atom stereocenters. The molecule has 1 rings (SSSR count). The Morgan fingerprint density at radius 2 is 2.20 bits per heavy atom. The largest absolute Gasteiger partial charge is 0.312 e. The smallest absolute Gasteiger partial charge is 0.190 e. The highest BCUT2D eigenvalue weighted by atomic mass is 32.2. The molecule has 1 heterocycles. The molecule has 0 aliphatic rings. The van der Waals surface area contributed by atoms with Crippen molar-refractivity contribution in [3.63, 3.8) is 0 Å². The van der Waals surface area contributed by atoms with Crippen LogP contribution in [0.5, 0.6) is 0 Å². The van der Waals surface area contributed by atoms with Crippen LogP contribution in [0, 0.1) is 0 Å². The number of nitrogens with zero attached hydrogens (tertiary/aromatic N) is 3. The van der Waals surface area contributed by atoms with Gasteiger partial charge in [-0.1, -0.05) is 11.8 Å². The molecule has 0 amide bonds. The van der Waals surface area contributed by atoms with Crippen molar-refractivity contribution < 1.29 is 0 Å². The molecule has 0 saturated heterocycles. The van der Waals surface area contributed by atoms with Crippen LogP contribution in [0.1, 0.15) is 27.2 Å². The van der Waals surface area contributed by atoms with Gasteiger partial charge in [-0.15, -0.1) is 10.2 Å². The highest BCUT2D eigenvalue weighted by Gasteiger charge is 2.07. The van der Waals surface area contributed by atoms with Crippen LogP contribution >= 0.6 is 11.8 Å². The number of rotatable bonds is 5. The van der Waals surface area contributed by atoms with Gasteiger partial charge in [-0.3, -0.25) is 0 Å². The third-order valence-corrected chi connectivity index (χ3v) is 3.00. The summed E-state index contributed by atoms with van der Waals surface area (Å²) in [6, 6.07) is 0. The molecule has 1 aromatic rings. The third kappa shape index (κ3) is 5.18. The first kappa shape index (κ1) is 12.5. The normalized spacial score (nSPS) is 12.0. The third-order valence-electron chi connectivity index (χ3n) is 1.88. The van der Waals surface area contributed by atoms with Crippen LogP contribution in [0.2, 0.25) is 0 Å². The summed E-state index contributed by atoms with van der Waals surface area (Å²) in [5.74, 6) is 1.08. The second-order valence-electron chi connectivity index (χ2n) is 4.60. The van der Waals surface area contributed by atoms with Crippen molar-refractivity contribution in [2.45, 2.75) is 37.9 Å². The van der Waals surface area contributed by atoms with E-state index in [4.69, 9.17) is 0 Å². The Morgan fingerprint density at radius 3 is 2.73 bits per heavy atom. The van der Waals surface area contributed by atoms with Gasteiger partial charge in [0.05, 0.1) is 0 Å². The number of aryl methyl sites for hydroxylation is 1. The van der Waals surface area contributed by atoms with Gasteiger partial charge in [-0.25, -0.2) is 0 Å². The molecule has 0 bridgehead atoms.